The highest BCUT2D eigenvalue weighted by molar-refractivity contribution is 14.1. The first kappa shape index (κ1) is 23.9. The Kier molecular flexibility index (Phi) is 7.68. The van der Waals surface area contributed by atoms with Gasteiger partial charge in [0.15, 0.2) is 0 Å². The van der Waals surface area contributed by atoms with E-state index in [-0.39, 0.29) is 4.90 Å². The Morgan fingerprint density at radius 3 is 2.31 bits per heavy atom. The first-order chi connectivity index (χ1) is 15.2. The summed E-state index contributed by atoms with van der Waals surface area (Å²) in [7, 11) is -3.96. The molecular formula is C24H24IN3O3S. The number of hydrazone groups is 1. The number of amides is 1. The second-order valence-electron chi connectivity index (χ2n) is 7.35. The number of aryl methyl sites for hydroxylation is 2. The van der Waals surface area contributed by atoms with Crippen molar-refractivity contribution in [1.82, 2.24) is 5.43 Å². The Labute approximate surface area is 202 Å². The number of hydrogen-bond acceptors (Lipinski definition) is 4. The zero-order chi connectivity index (χ0) is 23.3. The van der Waals surface area contributed by atoms with Crippen LogP contribution in [0.25, 0.3) is 0 Å². The molecule has 0 radical (unpaired) electrons. The predicted octanol–water partition coefficient (Wildman–Crippen LogP) is 4.64. The average molecular weight is 561 g/mol. The zero-order valence-electron chi connectivity index (χ0n) is 18.0. The van der Waals surface area contributed by atoms with E-state index < -0.39 is 22.5 Å². The van der Waals surface area contributed by atoms with Gasteiger partial charge in [0, 0.05) is 3.57 Å². The maximum atomic E-state index is 13.4. The van der Waals surface area contributed by atoms with Crippen LogP contribution >= 0.6 is 22.6 Å². The van der Waals surface area contributed by atoms with Gasteiger partial charge in [-0.1, -0.05) is 42.5 Å². The summed E-state index contributed by atoms with van der Waals surface area (Å²) in [5.41, 5.74) is 6.10. The maximum absolute atomic E-state index is 13.4. The van der Waals surface area contributed by atoms with Gasteiger partial charge in [-0.25, -0.2) is 13.8 Å². The van der Waals surface area contributed by atoms with Crippen LogP contribution in [-0.4, -0.2) is 26.6 Å². The van der Waals surface area contributed by atoms with Gasteiger partial charge in [-0.05, 0) is 90.4 Å². The zero-order valence-corrected chi connectivity index (χ0v) is 21.0. The summed E-state index contributed by atoms with van der Waals surface area (Å²) in [6.45, 7) is 5.08. The van der Waals surface area contributed by atoms with Gasteiger partial charge >= 0.3 is 0 Å². The summed E-state index contributed by atoms with van der Waals surface area (Å²) in [5, 5.41) is 4.16. The van der Waals surface area contributed by atoms with Crippen molar-refractivity contribution in [2.24, 2.45) is 5.10 Å². The summed E-state index contributed by atoms with van der Waals surface area (Å²) in [6, 6.07) is 21.3. The van der Waals surface area contributed by atoms with Crippen LogP contribution in [0.5, 0.6) is 0 Å². The third-order valence-electron chi connectivity index (χ3n) is 4.86. The fourth-order valence-electron chi connectivity index (χ4n) is 3.08. The number of halogens is 1. The number of carbonyl (C=O) groups excluding carboxylic acids is 1. The maximum Gasteiger partial charge on any atom is 0.264 e. The molecule has 0 unspecified atom stereocenters. The molecular weight excluding hydrogens is 537 g/mol. The Morgan fingerprint density at radius 2 is 1.66 bits per heavy atom. The van der Waals surface area contributed by atoms with Gasteiger partial charge in [0.05, 0.1) is 16.3 Å². The lowest BCUT2D eigenvalue weighted by Crippen LogP contribution is -2.40. The standard InChI is InChI=1S/C24H24IN3O3S/c1-17-9-10-18(2)23(15-17)28(32(30,31)22-7-5-4-6-8-22)16-24(29)27-26-19(3)20-11-13-21(25)14-12-20/h4-15H,16H2,1-3H3,(H,27,29)/b26-19-. The largest absolute Gasteiger partial charge is 0.271 e. The molecule has 0 aliphatic rings. The van der Waals surface area contributed by atoms with Gasteiger partial charge in [-0.3, -0.25) is 9.10 Å². The van der Waals surface area contributed by atoms with Gasteiger partial charge in [-0.2, -0.15) is 5.10 Å². The number of benzene rings is 3. The molecule has 1 N–H and O–H groups in total. The minimum absolute atomic E-state index is 0.118. The van der Waals surface area contributed by atoms with E-state index in [9.17, 15) is 13.2 Å². The SMILES string of the molecule is C/C(=N/NC(=O)CN(c1cc(C)ccc1C)S(=O)(=O)c1ccccc1)c1ccc(I)cc1. The van der Waals surface area contributed by atoms with E-state index in [0.29, 0.717) is 11.4 Å². The minimum atomic E-state index is -3.96. The molecule has 0 bridgehead atoms. The van der Waals surface area contributed by atoms with Crippen molar-refractivity contribution in [1.29, 1.82) is 0 Å². The molecule has 166 valence electrons. The first-order valence-electron chi connectivity index (χ1n) is 9.92. The Balaban J connectivity index is 1.90. The third-order valence-corrected chi connectivity index (χ3v) is 7.36. The molecule has 8 heteroatoms. The van der Waals surface area contributed by atoms with Crippen LogP contribution in [0, 0.1) is 17.4 Å². The summed E-state index contributed by atoms with van der Waals surface area (Å²) in [5.74, 6) is -0.532. The van der Waals surface area contributed by atoms with Crippen LogP contribution < -0.4 is 9.73 Å². The molecule has 0 atom stereocenters. The molecule has 3 aromatic carbocycles. The Bertz CT molecular complexity index is 1240. The number of sulfonamides is 1. The molecule has 32 heavy (non-hydrogen) atoms. The van der Waals surface area contributed by atoms with Crippen molar-refractivity contribution in [3.05, 3.63) is 93.1 Å². The van der Waals surface area contributed by atoms with Crippen molar-refractivity contribution in [3.8, 4) is 0 Å². The van der Waals surface area contributed by atoms with Crippen LogP contribution in [-0.2, 0) is 14.8 Å². The molecule has 0 aliphatic heterocycles. The van der Waals surface area contributed by atoms with Gasteiger partial charge in [0.2, 0.25) is 0 Å². The number of hydrogen-bond donors (Lipinski definition) is 1. The molecule has 0 heterocycles. The second-order valence-corrected chi connectivity index (χ2v) is 10.5. The Hall–Kier alpha value is -2.72. The third kappa shape index (κ3) is 5.74. The van der Waals surface area contributed by atoms with Gasteiger partial charge < -0.3 is 0 Å². The number of carbonyl (C=O) groups is 1. The van der Waals surface area contributed by atoms with E-state index >= 15 is 0 Å². The van der Waals surface area contributed by atoms with Crippen LogP contribution in [0.2, 0.25) is 0 Å². The van der Waals surface area contributed by atoms with Gasteiger partial charge in [0.1, 0.15) is 6.54 Å². The van der Waals surface area contributed by atoms with E-state index in [2.05, 4.69) is 33.1 Å². The van der Waals surface area contributed by atoms with Crippen molar-refractivity contribution in [2.75, 3.05) is 10.8 Å². The predicted molar refractivity (Wildman–Crippen MR) is 136 cm³/mol. The number of anilines is 1. The number of nitrogens with zero attached hydrogens (tertiary/aromatic N) is 2. The van der Waals surface area contributed by atoms with E-state index in [4.69, 9.17) is 0 Å². The van der Waals surface area contributed by atoms with E-state index in [1.807, 2.05) is 50.2 Å². The lowest BCUT2D eigenvalue weighted by atomic mass is 10.1. The molecule has 3 aromatic rings. The minimum Gasteiger partial charge on any atom is -0.271 e. The number of nitrogens with one attached hydrogen (secondary N) is 1. The lowest BCUT2D eigenvalue weighted by molar-refractivity contribution is -0.119. The highest BCUT2D eigenvalue weighted by Gasteiger charge is 2.28. The molecule has 3 rings (SSSR count). The van der Waals surface area contributed by atoms with Crippen LogP contribution in [0.3, 0.4) is 0 Å². The summed E-state index contributed by atoms with van der Waals surface area (Å²) < 4.78 is 29.1. The fourth-order valence-corrected chi connectivity index (χ4v) is 4.93. The molecule has 0 aromatic heterocycles. The highest BCUT2D eigenvalue weighted by Crippen LogP contribution is 2.27. The van der Waals surface area contributed by atoms with Crippen molar-refractivity contribution < 1.29 is 13.2 Å². The van der Waals surface area contributed by atoms with Crippen molar-refractivity contribution >= 4 is 49.9 Å². The molecule has 0 saturated carbocycles. The molecule has 0 fully saturated rings. The van der Waals surface area contributed by atoms with Gasteiger partial charge in [0.25, 0.3) is 15.9 Å². The first-order valence-corrected chi connectivity index (χ1v) is 12.4. The fraction of sp³-hybridized carbons (Fsp3) is 0.167. The second kappa shape index (κ2) is 10.3. The van der Waals surface area contributed by atoms with E-state index in [1.54, 1.807) is 31.2 Å². The van der Waals surface area contributed by atoms with Crippen molar-refractivity contribution in [3.63, 3.8) is 0 Å². The summed E-state index contributed by atoms with van der Waals surface area (Å²) in [6.07, 6.45) is 0. The molecule has 1 amide bonds. The molecule has 0 spiro atoms. The van der Waals surface area contributed by atoms with Crippen LogP contribution in [0.15, 0.2) is 82.8 Å². The van der Waals surface area contributed by atoms with Crippen molar-refractivity contribution in [2.45, 2.75) is 25.7 Å². The van der Waals surface area contributed by atoms with Crippen LogP contribution in [0.1, 0.15) is 23.6 Å². The summed E-state index contributed by atoms with van der Waals surface area (Å²) in [4.78, 5) is 12.9. The van der Waals surface area contributed by atoms with E-state index in [0.717, 1.165) is 24.6 Å². The van der Waals surface area contributed by atoms with E-state index in [1.165, 1.54) is 12.1 Å². The monoisotopic (exact) mass is 561 g/mol. The molecule has 0 saturated heterocycles. The number of rotatable bonds is 7. The average Bonchev–Trinajstić information content (AvgIpc) is 2.78. The highest BCUT2D eigenvalue weighted by atomic mass is 127. The topological polar surface area (TPSA) is 78.8 Å². The smallest absolute Gasteiger partial charge is 0.264 e. The Morgan fingerprint density at radius 1 is 1.00 bits per heavy atom. The van der Waals surface area contributed by atoms with Crippen LogP contribution in [0.4, 0.5) is 5.69 Å². The normalized spacial score (nSPS) is 11.8. The molecule has 6 nitrogen and oxygen atoms in total. The lowest BCUT2D eigenvalue weighted by Gasteiger charge is -2.25. The van der Waals surface area contributed by atoms with Gasteiger partial charge in [-0.15, -0.1) is 0 Å². The molecule has 0 aliphatic carbocycles. The quantitative estimate of drug-likeness (QED) is 0.259. The summed E-state index contributed by atoms with van der Waals surface area (Å²) >= 11 is 2.22.